The third-order valence-corrected chi connectivity index (χ3v) is 5.87. The van der Waals surface area contributed by atoms with Crippen LogP contribution in [0.3, 0.4) is 0 Å². The molecule has 0 saturated carbocycles. The summed E-state index contributed by atoms with van der Waals surface area (Å²) in [5, 5.41) is 3.01. The molecule has 1 fully saturated rings. The number of hydrogen-bond donors (Lipinski definition) is 1. The highest BCUT2D eigenvalue weighted by molar-refractivity contribution is 7.99. The summed E-state index contributed by atoms with van der Waals surface area (Å²) < 4.78 is 26.7. The van der Waals surface area contributed by atoms with Gasteiger partial charge < -0.3 is 5.32 Å². The highest BCUT2D eigenvalue weighted by Crippen LogP contribution is 2.23. The second-order valence-corrected chi connectivity index (χ2v) is 7.29. The number of thioether (sulfide) groups is 1. The first-order valence-corrected chi connectivity index (χ1v) is 8.56. The lowest BCUT2D eigenvalue weighted by Crippen LogP contribution is -2.38. The van der Waals surface area contributed by atoms with E-state index in [2.05, 4.69) is 5.32 Å². The number of rotatable bonds is 4. The van der Waals surface area contributed by atoms with Crippen molar-refractivity contribution in [3.05, 3.63) is 29.8 Å². The summed E-state index contributed by atoms with van der Waals surface area (Å²) in [5.41, 5.74) is 0.832. The maximum atomic E-state index is 12.6. The molecular weight excluding hydrogens is 268 g/mol. The van der Waals surface area contributed by atoms with E-state index in [0.29, 0.717) is 24.5 Å². The van der Waals surface area contributed by atoms with Gasteiger partial charge in [-0.1, -0.05) is 18.2 Å². The molecule has 0 atom stereocenters. The summed E-state index contributed by atoms with van der Waals surface area (Å²) in [6.07, 6.45) is 0. The first-order chi connectivity index (χ1) is 8.66. The normalized spacial score (nSPS) is 17.8. The molecule has 0 aliphatic carbocycles. The van der Waals surface area contributed by atoms with Gasteiger partial charge in [0, 0.05) is 31.1 Å². The van der Waals surface area contributed by atoms with E-state index in [1.165, 1.54) is 0 Å². The predicted molar refractivity (Wildman–Crippen MR) is 75.3 cm³/mol. The number of nitrogens with zero attached hydrogens (tertiary/aromatic N) is 1. The fourth-order valence-corrected chi connectivity index (χ4v) is 4.82. The van der Waals surface area contributed by atoms with Crippen LogP contribution in [0.1, 0.15) is 5.56 Å². The molecule has 0 amide bonds. The molecule has 0 aromatic heterocycles. The van der Waals surface area contributed by atoms with Gasteiger partial charge in [0.25, 0.3) is 0 Å². The summed E-state index contributed by atoms with van der Waals surface area (Å²) in [7, 11) is -1.51. The zero-order valence-electron chi connectivity index (χ0n) is 10.4. The van der Waals surface area contributed by atoms with Crippen molar-refractivity contribution in [1.82, 2.24) is 9.62 Å². The minimum Gasteiger partial charge on any atom is -0.316 e. The van der Waals surface area contributed by atoms with Gasteiger partial charge in [0.1, 0.15) is 0 Å². The molecule has 1 aromatic rings. The van der Waals surface area contributed by atoms with Crippen molar-refractivity contribution in [2.24, 2.45) is 0 Å². The molecule has 6 heteroatoms. The molecule has 1 aliphatic heterocycles. The van der Waals surface area contributed by atoms with Crippen molar-refractivity contribution in [3.63, 3.8) is 0 Å². The SMILES string of the molecule is CNCc1ccccc1S(=O)(=O)N1CCSCC1. The third kappa shape index (κ3) is 2.88. The van der Waals surface area contributed by atoms with Crippen LogP contribution in [0.2, 0.25) is 0 Å². The smallest absolute Gasteiger partial charge is 0.243 e. The van der Waals surface area contributed by atoms with Crippen LogP contribution >= 0.6 is 11.8 Å². The van der Waals surface area contributed by atoms with Crippen LogP contribution in [0.4, 0.5) is 0 Å². The van der Waals surface area contributed by atoms with E-state index in [9.17, 15) is 8.42 Å². The van der Waals surface area contributed by atoms with Crippen molar-refractivity contribution < 1.29 is 8.42 Å². The van der Waals surface area contributed by atoms with E-state index in [1.807, 2.05) is 19.2 Å². The zero-order valence-corrected chi connectivity index (χ0v) is 12.1. The van der Waals surface area contributed by atoms with E-state index < -0.39 is 10.0 Å². The summed E-state index contributed by atoms with van der Waals surface area (Å²) in [4.78, 5) is 0.436. The fraction of sp³-hybridized carbons (Fsp3) is 0.500. The number of hydrogen-bond acceptors (Lipinski definition) is 4. The quantitative estimate of drug-likeness (QED) is 0.902. The minimum absolute atomic E-state index is 0.436. The van der Waals surface area contributed by atoms with E-state index >= 15 is 0 Å². The maximum absolute atomic E-state index is 12.6. The lowest BCUT2D eigenvalue weighted by atomic mass is 10.2. The Hall–Kier alpha value is -0.560. The third-order valence-electron chi connectivity index (χ3n) is 2.93. The van der Waals surface area contributed by atoms with Crippen molar-refractivity contribution in [2.45, 2.75) is 11.4 Å². The van der Waals surface area contributed by atoms with E-state index in [-0.39, 0.29) is 0 Å². The zero-order chi connectivity index (χ0) is 13.0. The Bertz CT molecular complexity index is 497. The Kier molecular flexibility index (Phi) is 4.66. The summed E-state index contributed by atoms with van der Waals surface area (Å²) in [6.45, 7) is 1.79. The molecule has 4 nitrogen and oxygen atoms in total. The number of nitrogens with one attached hydrogen (secondary N) is 1. The monoisotopic (exact) mass is 286 g/mol. The number of benzene rings is 1. The van der Waals surface area contributed by atoms with Crippen LogP contribution in [-0.4, -0.2) is 44.4 Å². The van der Waals surface area contributed by atoms with Gasteiger partial charge in [-0.25, -0.2) is 8.42 Å². The molecule has 1 aliphatic rings. The second-order valence-electron chi connectivity index (χ2n) is 4.15. The molecule has 0 unspecified atom stereocenters. The van der Waals surface area contributed by atoms with E-state index in [4.69, 9.17) is 0 Å². The average Bonchev–Trinajstić information content (AvgIpc) is 2.41. The van der Waals surface area contributed by atoms with Crippen LogP contribution in [0, 0.1) is 0 Å². The topological polar surface area (TPSA) is 49.4 Å². The molecular formula is C12H18N2O2S2. The van der Waals surface area contributed by atoms with Crippen LogP contribution < -0.4 is 5.32 Å². The Morgan fingerprint density at radius 1 is 1.28 bits per heavy atom. The highest BCUT2D eigenvalue weighted by atomic mass is 32.2. The first-order valence-electron chi connectivity index (χ1n) is 5.96. The van der Waals surface area contributed by atoms with Crippen LogP contribution in [-0.2, 0) is 16.6 Å². The van der Waals surface area contributed by atoms with Crippen molar-refractivity contribution >= 4 is 21.8 Å². The molecule has 0 bridgehead atoms. The Labute approximate surface area is 113 Å². The molecule has 18 heavy (non-hydrogen) atoms. The molecule has 1 aromatic carbocycles. The van der Waals surface area contributed by atoms with Crippen molar-refractivity contribution in [2.75, 3.05) is 31.6 Å². The largest absolute Gasteiger partial charge is 0.316 e. The van der Waals surface area contributed by atoms with Crippen molar-refractivity contribution in [3.8, 4) is 0 Å². The van der Waals surface area contributed by atoms with Gasteiger partial charge in [0.05, 0.1) is 4.90 Å². The van der Waals surface area contributed by atoms with Crippen LogP contribution in [0.15, 0.2) is 29.2 Å². The highest BCUT2D eigenvalue weighted by Gasteiger charge is 2.27. The molecule has 1 N–H and O–H groups in total. The van der Waals surface area contributed by atoms with Gasteiger partial charge in [-0.05, 0) is 18.7 Å². The minimum atomic E-state index is -3.33. The van der Waals surface area contributed by atoms with Crippen LogP contribution in [0.25, 0.3) is 0 Å². The van der Waals surface area contributed by atoms with Crippen molar-refractivity contribution in [1.29, 1.82) is 0 Å². The molecule has 100 valence electrons. The Morgan fingerprint density at radius 2 is 1.94 bits per heavy atom. The molecule has 2 rings (SSSR count). The van der Waals surface area contributed by atoms with Gasteiger partial charge >= 0.3 is 0 Å². The summed E-state index contributed by atoms with van der Waals surface area (Å²) in [6, 6.07) is 7.22. The fourth-order valence-electron chi connectivity index (χ4n) is 2.02. The Balaban J connectivity index is 2.34. The van der Waals surface area contributed by atoms with Gasteiger partial charge in [0.2, 0.25) is 10.0 Å². The molecule has 1 saturated heterocycles. The maximum Gasteiger partial charge on any atom is 0.243 e. The predicted octanol–water partition coefficient (Wildman–Crippen LogP) is 1.14. The molecule has 0 radical (unpaired) electrons. The lowest BCUT2D eigenvalue weighted by molar-refractivity contribution is 0.442. The van der Waals surface area contributed by atoms with E-state index in [0.717, 1.165) is 17.1 Å². The van der Waals surface area contributed by atoms with Gasteiger partial charge in [-0.15, -0.1) is 0 Å². The van der Waals surface area contributed by atoms with Crippen LogP contribution in [0.5, 0.6) is 0 Å². The standard InChI is InChI=1S/C12H18N2O2S2/c1-13-10-11-4-2-3-5-12(11)18(15,16)14-6-8-17-9-7-14/h2-5,13H,6-10H2,1H3. The van der Waals surface area contributed by atoms with Gasteiger partial charge in [-0.2, -0.15) is 16.1 Å². The first kappa shape index (κ1) is 13.9. The van der Waals surface area contributed by atoms with Gasteiger partial charge in [0.15, 0.2) is 0 Å². The summed E-state index contributed by atoms with van der Waals surface area (Å²) >= 11 is 1.81. The molecule has 0 spiro atoms. The average molecular weight is 286 g/mol. The summed E-state index contributed by atoms with van der Waals surface area (Å²) in [5.74, 6) is 1.76. The second kappa shape index (κ2) is 6.06. The van der Waals surface area contributed by atoms with Gasteiger partial charge in [-0.3, -0.25) is 0 Å². The number of sulfonamides is 1. The van der Waals surface area contributed by atoms with E-state index in [1.54, 1.807) is 28.2 Å². The Morgan fingerprint density at radius 3 is 2.61 bits per heavy atom. The lowest BCUT2D eigenvalue weighted by Gasteiger charge is -2.26. The molecule has 1 heterocycles.